The van der Waals surface area contributed by atoms with Crippen molar-refractivity contribution < 1.29 is 4.39 Å². The predicted octanol–water partition coefficient (Wildman–Crippen LogP) is 2.57. The van der Waals surface area contributed by atoms with Gasteiger partial charge in [0.15, 0.2) is 0 Å². The second kappa shape index (κ2) is 4.26. The first kappa shape index (κ1) is 13.9. The minimum absolute atomic E-state index is 0.0250. The molecular weight excluding hydrogens is 203 g/mol. The molecule has 3 heteroatoms. The molecular formula is C13H27FN2. The highest BCUT2D eigenvalue weighted by molar-refractivity contribution is 5.03. The van der Waals surface area contributed by atoms with Crippen molar-refractivity contribution in [3.05, 3.63) is 0 Å². The van der Waals surface area contributed by atoms with Gasteiger partial charge in [0.25, 0.3) is 0 Å². The molecule has 1 rings (SSSR count). The predicted molar refractivity (Wildman–Crippen MR) is 67.2 cm³/mol. The third kappa shape index (κ3) is 2.57. The van der Waals surface area contributed by atoms with E-state index in [2.05, 4.69) is 46.4 Å². The SMILES string of the molecule is CC(C)(C)[C@@H]1C[C@@H](F)[C@@H](CN)N1C(C)(C)C. The molecule has 0 aromatic heterocycles. The van der Waals surface area contributed by atoms with Crippen molar-refractivity contribution >= 4 is 0 Å². The van der Waals surface area contributed by atoms with Gasteiger partial charge in [0, 0.05) is 18.1 Å². The van der Waals surface area contributed by atoms with E-state index in [-0.39, 0.29) is 23.0 Å². The minimum atomic E-state index is -0.784. The first-order valence-corrected chi connectivity index (χ1v) is 6.21. The molecule has 0 radical (unpaired) electrons. The topological polar surface area (TPSA) is 29.3 Å². The highest BCUT2D eigenvalue weighted by atomic mass is 19.1. The lowest BCUT2D eigenvalue weighted by molar-refractivity contribution is 0.0227. The Morgan fingerprint density at radius 2 is 1.69 bits per heavy atom. The molecule has 1 aliphatic heterocycles. The number of nitrogens with zero attached hydrogens (tertiary/aromatic N) is 1. The van der Waals surface area contributed by atoms with Crippen molar-refractivity contribution in [1.29, 1.82) is 0 Å². The van der Waals surface area contributed by atoms with Crippen LogP contribution in [0.3, 0.4) is 0 Å². The molecule has 1 fully saturated rings. The summed E-state index contributed by atoms with van der Waals surface area (Å²) in [6.07, 6.45) is -0.170. The molecule has 1 saturated heterocycles. The summed E-state index contributed by atoms with van der Waals surface area (Å²) in [6.45, 7) is 13.4. The van der Waals surface area contributed by atoms with Crippen molar-refractivity contribution in [2.75, 3.05) is 6.54 Å². The van der Waals surface area contributed by atoms with E-state index in [0.717, 1.165) is 0 Å². The van der Waals surface area contributed by atoms with Crippen molar-refractivity contribution in [3.63, 3.8) is 0 Å². The third-order valence-electron chi connectivity index (χ3n) is 3.57. The number of nitrogens with two attached hydrogens (primary N) is 1. The fourth-order valence-corrected chi connectivity index (χ4v) is 2.89. The molecule has 1 aliphatic rings. The maximum atomic E-state index is 14.0. The van der Waals surface area contributed by atoms with Gasteiger partial charge in [0.1, 0.15) is 6.17 Å². The second-order valence-corrected chi connectivity index (χ2v) is 7.01. The average molecular weight is 230 g/mol. The second-order valence-electron chi connectivity index (χ2n) is 7.01. The maximum absolute atomic E-state index is 14.0. The molecule has 0 saturated carbocycles. The van der Waals surface area contributed by atoms with Crippen LogP contribution in [0.1, 0.15) is 48.0 Å². The third-order valence-corrected chi connectivity index (χ3v) is 3.57. The van der Waals surface area contributed by atoms with E-state index in [9.17, 15) is 4.39 Å². The van der Waals surface area contributed by atoms with Gasteiger partial charge in [-0.05, 0) is 32.6 Å². The summed E-state index contributed by atoms with van der Waals surface area (Å²) >= 11 is 0. The molecule has 0 bridgehead atoms. The molecule has 0 spiro atoms. The number of likely N-dealkylation sites (tertiary alicyclic amines) is 1. The van der Waals surface area contributed by atoms with Crippen LogP contribution in [0, 0.1) is 5.41 Å². The molecule has 96 valence electrons. The standard InChI is InChI=1S/C13H27FN2/c1-12(2,3)11-7-9(14)10(8-15)16(11)13(4,5)6/h9-11H,7-8,15H2,1-6H3/t9-,10-,11+/m1/s1. The van der Waals surface area contributed by atoms with Gasteiger partial charge in [-0.15, -0.1) is 0 Å². The molecule has 16 heavy (non-hydrogen) atoms. The summed E-state index contributed by atoms with van der Waals surface area (Å²) in [6, 6.07) is 0.153. The van der Waals surface area contributed by atoms with Gasteiger partial charge in [-0.1, -0.05) is 20.8 Å². The molecule has 0 amide bonds. The average Bonchev–Trinajstić information content (AvgIpc) is 2.40. The lowest BCUT2D eigenvalue weighted by Crippen LogP contribution is -2.55. The van der Waals surface area contributed by atoms with E-state index in [0.29, 0.717) is 13.0 Å². The van der Waals surface area contributed by atoms with Crippen molar-refractivity contribution in [1.82, 2.24) is 4.90 Å². The zero-order valence-corrected chi connectivity index (χ0v) is 11.5. The summed E-state index contributed by atoms with van der Waals surface area (Å²) in [7, 11) is 0. The summed E-state index contributed by atoms with van der Waals surface area (Å²) in [5, 5.41) is 0. The highest BCUT2D eigenvalue weighted by Crippen LogP contribution is 2.41. The van der Waals surface area contributed by atoms with Crippen molar-refractivity contribution in [3.8, 4) is 0 Å². The number of halogens is 1. The first-order valence-electron chi connectivity index (χ1n) is 6.21. The van der Waals surface area contributed by atoms with E-state index < -0.39 is 6.17 Å². The van der Waals surface area contributed by atoms with E-state index >= 15 is 0 Å². The molecule has 3 atom stereocenters. The Morgan fingerprint density at radius 1 is 1.19 bits per heavy atom. The zero-order chi connectivity index (χ0) is 12.7. The molecule has 2 N–H and O–H groups in total. The lowest BCUT2D eigenvalue weighted by Gasteiger charge is -2.45. The number of hydrogen-bond donors (Lipinski definition) is 1. The maximum Gasteiger partial charge on any atom is 0.118 e. The highest BCUT2D eigenvalue weighted by Gasteiger charge is 2.49. The Morgan fingerprint density at radius 3 is 2.00 bits per heavy atom. The Kier molecular flexibility index (Phi) is 3.71. The Labute approximate surface area is 99.4 Å². The molecule has 2 nitrogen and oxygen atoms in total. The monoisotopic (exact) mass is 230 g/mol. The smallest absolute Gasteiger partial charge is 0.118 e. The fraction of sp³-hybridized carbons (Fsp3) is 1.00. The van der Waals surface area contributed by atoms with Crippen LogP contribution in [-0.2, 0) is 0 Å². The number of rotatable bonds is 1. The van der Waals surface area contributed by atoms with Crippen LogP contribution < -0.4 is 5.73 Å². The van der Waals surface area contributed by atoms with Gasteiger partial charge in [0.05, 0.1) is 6.04 Å². The summed E-state index contributed by atoms with van der Waals surface area (Å²) in [5.74, 6) is 0. The quantitative estimate of drug-likeness (QED) is 0.750. The van der Waals surface area contributed by atoms with Gasteiger partial charge >= 0.3 is 0 Å². The van der Waals surface area contributed by atoms with Crippen LogP contribution in [0.25, 0.3) is 0 Å². The summed E-state index contributed by atoms with van der Waals surface area (Å²) < 4.78 is 14.0. The number of alkyl halides is 1. The fourth-order valence-electron chi connectivity index (χ4n) is 2.89. The summed E-state index contributed by atoms with van der Waals surface area (Å²) in [4.78, 5) is 2.29. The van der Waals surface area contributed by atoms with Gasteiger partial charge < -0.3 is 5.73 Å². The van der Waals surface area contributed by atoms with Crippen LogP contribution in [-0.4, -0.2) is 35.2 Å². The summed E-state index contributed by atoms with van der Waals surface area (Å²) in [5.41, 5.74) is 5.81. The van der Waals surface area contributed by atoms with Gasteiger partial charge in [0.2, 0.25) is 0 Å². The molecule has 1 heterocycles. The van der Waals surface area contributed by atoms with E-state index in [1.165, 1.54) is 0 Å². The number of hydrogen-bond acceptors (Lipinski definition) is 2. The minimum Gasteiger partial charge on any atom is -0.329 e. The molecule has 0 aromatic rings. The Bertz CT molecular complexity index is 239. The van der Waals surface area contributed by atoms with Crippen LogP contribution in [0.2, 0.25) is 0 Å². The Balaban J connectivity index is 3.03. The Hall–Kier alpha value is -0.150. The van der Waals surface area contributed by atoms with E-state index in [4.69, 9.17) is 5.73 Å². The van der Waals surface area contributed by atoms with Crippen LogP contribution in [0.4, 0.5) is 4.39 Å². The van der Waals surface area contributed by atoms with E-state index in [1.54, 1.807) is 0 Å². The van der Waals surface area contributed by atoms with Gasteiger partial charge in [-0.3, -0.25) is 4.90 Å². The van der Waals surface area contributed by atoms with Gasteiger partial charge in [-0.2, -0.15) is 0 Å². The largest absolute Gasteiger partial charge is 0.329 e. The van der Waals surface area contributed by atoms with Gasteiger partial charge in [-0.25, -0.2) is 4.39 Å². The molecule has 0 aliphatic carbocycles. The van der Waals surface area contributed by atoms with E-state index in [1.807, 2.05) is 0 Å². The lowest BCUT2D eigenvalue weighted by atomic mass is 9.83. The van der Waals surface area contributed by atoms with Crippen LogP contribution in [0.5, 0.6) is 0 Å². The van der Waals surface area contributed by atoms with Crippen molar-refractivity contribution in [2.45, 2.75) is 71.8 Å². The molecule has 0 aromatic carbocycles. The van der Waals surface area contributed by atoms with Crippen LogP contribution in [0.15, 0.2) is 0 Å². The van der Waals surface area contributed by atoms with Crippen molar-refractivity contribution in [2.24, 2.45) is 11.1 Å². The normalized spacial score (nSPS) is 33.4. The zero-order valence-electron chi connectivity index (χ0n) is 11.5. The molecule has 0 unspecified atom stereocenters. The first-order chi connectivity index (χ1) is 7.09. The van der Waals surface area contributed by atoms with Crippen LogP contribution >= 0.6 is 0 Å².